The Hall–Kier alpha value is -0.406. The topological polar surface area (TPSA) is 29.5 Å². The third-order valence-corrected chi connectivity index (χ3v) is 4.11. The first-order valence-corrected chi connectivity index (χ1v) is 8.06. The molecule has 24 heavy (non-hydrogen) atoms. The van der Waals surface area contributed by atoms with Gasteiger partial charge in [-0.3, -0.25) is 4.79 Å². The molecule has 127 valence electrons. The zero-order chi connectivity index (χ0) is 17.0. The van der Waals surface area contributed by atoms with Gasteiger partial charge in [-0.1, -0.05) is 41.7 Å². The van der Waals surface area contributed by atoms with E-state index in [0.29, 0.717) is 5.75 Å². The summed E-state index contributed by atoms with van der Waals surface area (Å²) in [7, 11) is 0. The summed E-state index contributed by atoms with van der Waals surface area (Å²) < 4.78 is 44.5. The first-order valence-electron chi connectivity index (χ1n) is 6.82. The number of nitrogens with zero attached hydrogens (tertiary/aromatic N) is 1. The van der Waals surface area contributed by atoms with Crippen molar-refractivity contribution < 1.29 is 55.4 Å². The van der Waals surface area contributed by atoms with E-state index in [2.05, 4.69) is 12.7 Å². The molecule has 1 atom stereocenters. The maximum atomic E-state index is 14.3. The van der Waals surface area contributed by atoms with E-state index in [0.717, 1.165) is 11.0 Å². The number of amides is 1. The normalized spacial score (nSPS) is 17.4. The van der Waals surface area contributed by atoms with Gasteiger partial charge in [0, 0.05) is 32.7 Å². The smallest absolute Gasteiger partial charge is 0.256 e. The van der Waals surface area contributed by atoms with Crippen LogP contribution < -0.4 is 4.74 Å². The Labute approximate surface area is 177 Å². The number of carbonyl (C=O) groups is 1. The van der Waals surface area contributed by atoms with E-state index >= 15 is 0 Å². The number of allylic oxidation sites excluding steroid dienone is 1. The summed E-state index contributed by atoms with van der Waals surface area (Å²) in [6, 6.07) is 4.06. The van der Waals surface area contributed by atoms with Gasteiger partial charge in [0.1, 0.15) is 12.4 Å². The van der Waals surface area contributed by atoms with E-state index in [1.807, 2.05) is 22.6 Å². The van der Waals surface area contributed by atoms with E-state index in [9.17, 15) is 18.0 Å². The van der Waals surface area contributed by atoms with Gasteiger partial charge in [-0.2, -0.15) is 0 Å². The van der Waals surface area contributed by atoms with Crippen LogP contribution in [-0.2, 0) is 37.5 Å². The SMILES string of the molecule is C=CCOc1ccc(C2=[C-]CC(I)C(=O)N2CC(F)F)c(F)c1.[Y]. The van der Waals surface area contributed by atoms with Crippen molar-refractivity contribution >= 4 is 34.2 Å². The summed E-state index contributed by atoms with van der Waals surface area (Å²) in [5.74, 6) is -0.833. The van der Waals surface area contributed by atoms with Crippen LogP contribution in [0.1, 0.15) is 12.0 Å². The Kier molecular flexibility index (Phi) is 8.94. The minimum Gasteiger partial charge on any atom is -0.490 e. The fourth-order valence-corrected chi connectivity index (χ4v) is 2.70. The van der Waals surface area contributed by atoms with Crippen LogP contribution in [0.2, 0.25) is 0 Å². The minimum absolute atomic E-state index is 0. The van der Waals surface area contributed by atoms with E-state index < -0.39 is 28.6 Å². The molecule has 1 unspecified atom stereocenters. The number of carbonyl (C=O) groups excluding carboxylic acids is 1. The molecule has 1 radical (unpaired) electrons. The molecule has 0 N–H and O–H groups in total. The Balaban J connectivity index is 0.00000288. The maximum Gasteiger partial charge on any atom is 0.256 e. The predicted molar refractivity (Wildman–Crippen MR) is 88.9 cm³/mol. The van der Waals surface area contributed by atoms with Crippen molar-refractivity contribution in [3.05, 3.63) is 48.3 Å². The molecule has 0 spiro atoms. The predicted octanol–water partition coefficient (Wildman–Crippen LogP) is 3.83. The molecular weight excluding hydrogens is 511 g/mol. The van der Waals surface area contributed by atoms with Crippen molar-refractivity contribution in [2.45, 2.75) is 16.8 Å². The van der Waals surface area contributed by atoms with Crippen LogP contribution in [0.3, 0.4) is 0 Å². The molecule has 0 saturated carbocycles. The number of halogens is 4. The Morgan fingerprint density at radius 2 is 2.21 bits per heavy atom. The molecule has 1 aromatic carbocycles. The van der Waals surface area contributed by atoms with Crippen LogP contribution in [-0.4, -0.2) is 34.3 Å². The second kappa shape index (κ2) is 9.92. The van der Waals surface area contributed by atoms with Crippen LogP contribution in [0.15, 0.2) is 30.9 Å². The van der Waals surface area contributed by atoms with E-state index in [-0.39, 0.29) is 57.0 Å². The number of hydrogen-bond acceptors (Lipinski definition) is 2. The third kappa shape index (κ3) is 5.29. The van der Waals surface area contributed by atoms with Crippen LogP contribution in [0.5, 0.6) is 5.75 Å². The maximum absolute atomic E-state index is 14.3. The van der Waals surface area contributed by atoms with Crippen molar-refractivity contribution in [2.24, 2.45) is 0 Å². The molecule has 1 heterocycles. The quantitative estimate of drug-likeness (QED) is 0.245. The number of ether oxygens (including phenoxy) is 1. The average Bonchev–Trinajstić information content (AvgIpc) is 2.50. The molecular formula is C16H14F3INO2Y-. The molecule has 2 rings (SSSR count). The Morgan fingerprint density at radius 1 is 1.50 bits per heavy atom. The summed E-state index contributed by atoms with van der Waals surface area (Å²) in [4.78, 5) is 13.0. The number of alkyl halides is 3. The van der Waals surface area contributed by atoms with E-state index in [1.54, 1.807) is 0 Å². The van der Waals surface area contributed by atoms with Gasteiger partial charge in [0.2, 0.25) is 5.91 Å². The molecule has 0 fully saturated rings. The first kappa shape index (κ1) is 21.6. The molecule has 0 saturated heterocycles. The summed E-state index contributed by atoms with van der Waals surface area (Å²) in [6.45, 7) is 2.93. The van der Waals surface area contributed by atoms with Gasteiger partial charge in [0.05, 0.1) is 16.3 Å². The summed E-state index contributed by atoms with van der Waals surface area (Å²) in [6.07, 6.45) is 1.92. The van der Waals surface area contributed by atoms with Gasteiger partial charge < -0.3 is 9.64 Å². The van der Waals surface area contributed by atoms with Gasteiger partial charge in [-0.25, -0.2) is 19.2 Å². The van der Waals surface area contributed by atoms with Crippen molar-refractivity contribution in [1.82, 2.24) is 4.90 Å². The fourth-order valence-electron chi connectivity index (χ4n) is 2.14. The standard InChI is InChI=1S/C16H14F3INO2.Y/c1-2-7-23-10-3-4-11(12(17)8-10)14-6-5-13(20)16(22)21(14)9-15(18)19;/h2-4,8,13,15H,1,5,7,9H2;/q-1;. The number of benzene rings is 1. The molecule has 1 aromatic rings. The van der Waals surface area contributed by atoms with Crippen LogP contribution in [0.25, 0.3) is 5.70 Å². The molecule has 3 nitrogen and oxygen atoms in total. The van der Waals surface area contributed by atoms with Gasteiger partial charge in [-0.15, -0.1) is 17.3 Å². The monoisotopic (exact) mass is 525 g/mol. The first-order chi connectivity index (χ1) is 10.9. The summed E-state index contributed by atoms with van der Waals surface area (Å²) in [5, 5.41) is 0. The van der Waals surface area contributed by atoms with Crippen molar-refractivity contribution in [3.8, 4) is 5.75 Å². The molecule has 8 heteroatoms. The summed E-state index contributed by atoms with van der Waals surface area (Å²) in [5.41, 5.74) is 0.101. The van der Waals surface area contributed by atoms with Crippen LogP contribution >= 0.6 is 22.6 Å². The van der Waals surface area contributed by atoms with Gasteiger partial charge in [0.15, 0.2) is 0 Å². The molecule has 1 amide bonds. The molecule has 0 aromatic heterocycles. The molecule has 0 aliphatic carbocycles. The molecule has 1 aliphatic rings. The Morgan fingerprint density at radius 3 is 2.79 bits per heavy atom. The minimum atomic E-state index is -2.71. The van der Waals surface area contributed by atoms with Crippen molar-refractivity contribution in [3.63, 3.8) is 0 Å². The van der Waals surface area contributed by atoms with E-state index in [4.69, 9.17) is 4.74 Å². The van der Waals surface area contributed by atoms with Crippen molar-refractivity contribution in [1.29, 1.82) is 0 Å². The van der Waals surface area contributed by atoms with E-state index in [1.165, 1.54) is 18.2 Å². The molecule has 0 bridgehead atoms. The van der Waals surface area contributed by atoms with Crippen LogP contribution in [0.4, 0.5) is 13.2 Å². The van der Waals surface area contributed by atoms with Crippen molar-refractivity contribution in [2.75, 3.05) is 13.2 Å². The van der Waals surface area contributed by atoms with Gasteiger partial charge >= 0.3 is 0 Å². The Bertz CT molecular complexity index is 640. The zero-order valence-corrected chi connectivity index (χ0v) is 17.6. The van der Waals surface area contributed by atoms with Gasteiger partial charge in [0.25, 0.3) is 6.43 Å². The second-order valence-corrected chi connectivity index (χ2v) is 6.28. The second-order valence-electron chi connectivity index (χ2n) is 4.78. The summed E-state index contributed by atoms with van der Waals surface area (Å²) >= 11 is 1.87. The zero-order valence-electron chi connectivity index (χ0n) is 12.6. The fraction of sp³-hybridized carbons (Fsp3) is 0.312. The molecule has 1 aliphatic heterocycles. The average molecular weight is 525 g/mol. The largest absolute Gasteiger partial charge is 0.490 e. The number of rotatable bonds is 6. The van der Waals surface area contributed by atoms with Crippen LogP contribution in [0, 0.1) is 11.9 Å². The number of hydrogen-bond donors (Lipinski definition) is 0. The van der Waals surface area contributed by atoms with Gasteiger partial charge in [-0.05, 0) is 12.1 Å². The third-order valence-electron chi connectivity index (χ3n) is 3.14.